The SMILES string of the molecule is [2H]c1c([2H])c([2H])c2c(c1[2H])c1c(-c3ccccc3-c3ccccc3)cccc1n2-c1ccc(-c2nc(-c3ccccc3)nc(-c3ccc(-c4ccccc4)cc3)n2)cc1. The van der Waals surface area contributed by atoms with Crippen LogP contribution in [0.5, 0.6) is 0 Å². The summed E-state index contributed by atoms with van der Waals surface area (Å²) in [6.07, 6.45) is 0. The zero-order chi connectivity index (χ0) is 40.0. The minimum absolute atomic E-state index is 0.0750. The molecule has 0 amide bonds. The number of rotatable bonds is 7. The topological polar surface area (TPSA) is 43.6 Å². The molecule has 0 saturated carbocycles. The molecule has 0 unspecified atom stereocenters. The van der Waals surface area contributed by atoms with Gasteiger partial charge in [0.2, 0.25) is 0 Å². The first-order valence-corrected chi connectivity index (χ1v) is 18.2. The van der Waals surface area contributed by atoms with Crippen LogP contribution in [0.15, 0.2) is 206 Å². The molecule has 0 saturated heterocycles. The van der Waals surface area contributed by atoms with E-state index in [-0.39, 0.29) is 24.2 Å². The van der Waals surface area contributed by atoms with Gasteiger partial charge in [0.15, 0.2) is 17.5 Å². The molecule has 4 nitrogen and oxygen atoms in total. The van der Waals surface area contributed by atoms with Gasteiger partial charge in [0.25, 0.3) is 0 Å². The molecule has 258 valence electrons. The first-order valence-electron chi connectivity index (χ1n) is 20.2. The summed E-state index contributed by atoms with van der Waals surface area (Å²) >= 11 is 0. The Morgan fingerprint density at radius 3 is 1.44 bits per heavy atom. The van der Waals surface area contributed by atoms with E-state index in [1.54, 1.807) is 0 Å². The van der Waals surface area contributed by atoms with Crippen molar-refractivity contribution in [2.45, 2.75) is 0 Å². The Bertz CT molecular complexity index is 3170. The third-order valence-electron chi connectivity index (χ3n) is 10.0. The lowest BCUT2D eigenvalue weighted by Crippen LogP contribution is -2.00. The van der Waals surface area contributed by atoms with E-state index in [1.807, 2.05) is 138 Å². The van der Waals surface area contributed by atoms with Gasteiger partial charge in [-0.2, -0.15) is 0 Å². The van der Waals surface area contributed by atoms with Crippen LogP contribution in [0.25, 0.3) is 95.0 Å². The fourth-order valence-electron chi connectivity index (χ4n) is 7.40. The van der Waals surface area contributed by atoms with E-state index in [0.29, 0.717) is 28.4 Å². The van der Waals surface area contributed by atoms with Gasteiger partial charge in [0.05, 0.1) is 16.5 Å². The zero-order valence-electron chi connectivity index (χ0n) is 33.6. The monoisotopic (exact) mass is 706 g/mol. The van der Waals surface area contributed by atoms with Gasteiger partial charge in [-0.05, 0) is 69.8 Å². The average Bonchev–Trinajstić information content (AvgIpc) is 3.67. The Labute approximate surface area is 325 Å². The van der Waals surface area contributed by atoms with Crippen molar-refractivity contribution in [2.75, 3.05) is 0 Å². The quantitative estimate of drug-likeness (QED) is 0.166. The van der Waals surface area contributed by atoms with Crippen LogP contribution in [0.2, 0.25) is 0 Å². The Hall–Kier alpha value is -7.43. The lowest BCUT2D eigenvalue weighted by atomic mass is 9.92. The molecule has 2 aromatic heterocycles. The van der Waals surface area contributed by atoms with E-state index in [0.717, 1.165) is 66.7 Å². The molecule has 0 bridgehead atoms. The molecule has 4 heteroatoms. The van der Waals surface area contributed by atoms with Crippen molar-refractivity contribution in [1.82, 2.24) is 19.5 Å². The Balaban J connectivity index is 1.13. The molecule has 0 aliphatic rings. The third kappa shape index (κ3) is 5.96. The van der Waals surface area contributed by atoms with Gasteiger partial charge in [-0.3, -0.25) is 0 Å². The minimum Gasteiger partial charge on any atom is -0.309 e. The third-order valence-corrected chi connectivity index (χ3v) is 10.0. The van der Waals surface area contributed by atoms with Crippen molar-refractivity contribution in [2.24, 2.45) is 0 Å². The summed E-state index contributed by atoms with van der Waals surface area (Å²) in [5.41, 5.74) is 10.6. The zero-order valence-corrected chi connectivity index (χ0v) is 29.6. The molecule has 0 aliphatic carbocycles. The number of hydrogen-bond acceptors (Lipinski definition) is 3. The van der Waals surface area contributed by atoms with Crippen LogP contribution in [0.4, 0.5) is 0 Å². The number of nitrogens with zero attached hydrogens (tertiary/aromatic N) is 4. The van der Waals surface area contributed by atoms with Crippen molar-refractivity contribution in [1.29, 1.82) is 0 Å². The van der Waals surface area contributed by atoms with E-state index >= 15 is 0 Å². The summed E-state index contributed by atoms with van der Waals surface area (Å²) < 4.78 is 37.8. The second-order valence-electron chi connectivity index (χ2n) is 13.3. The van der Waals surface area contributed by atoms with Crippen LogP contribution < -0.4 is 0 Å². The summed E-state index contributed by atoms with van der Waals surface area (Å²) in [5.74, 6) is 1.62. The van der Waals surface area contributed by atoms with Crippen LogP contribution in [0, 0.1) is 0 Å². The summed E-state index contributed by atoms with van der Waals surface area (Å²) in [5, 5.41) is 1.23. The molecule has 0 aliphatic heterocycles. The fourth-order valence-corrected chi connectivity index (χ4v) is 7.40. The highest BCUT2D eigenvalue weighted by Gasteiger charge is 2.19. The van der Waals surface area contributed by atoms with E-state index in [1.165, 1.54) is 0 Å². The number of benzene rings is 8. The van der Waals surface area contributed by atoms with E-state index in [4.69, 9.17) is 17.7 Å². The molecule has 0 N–H and O–H groups in total. The second kappa shape index (κ2) is 13.8. The van der Waals surface area contributed by atoms with Gasteiger partial charge in [-0.25, -0.2) is 15.0 Å². The molecular weight excluding hydrogens is 669 g/mol. The van der Waals surface area contributed by atoms with Crippen molar-refractivity contribution in [3.05, 3.63) is 206 Å². The average molecular weight is 707 g/mol. The normalized spacial score (nSPS) is 12.3. The molecular formula is C51H34N4. The lowest BCUT2D eigenvalue weighted by molar-refractivity contribution is 1.07. The van der Waals surface area contributed by atoms with E-state index < -0.39 is 0 Å². The van der Waals surface area contributed by atoms with Gasteiger partial charge in [-0.15, -0.1) is 0 Å². The Kier molecular flexibility index (Phi) is 7.08. The van der Waals surface area contributed by atoms with Crippen molar-refractivity contribution < 1.29 is 5.48 Å². The minimum atomic E-state index is -0.280. The number of aromatic nitrogens is 4. The van der Waals surface area contributed by atoms with Gasteiger partial charge >= 0.3 is 0 Å². The van der Waals surface area contributed by atoms with Gasteiger partial charge < -0.3 is 4.57 Å². The Morgan fingerprint density at radius 1 is 0.345 bits per heavy atom. The van der Waals surface area contributed by atoms with Crippen molar-refractivity contribution in [3.63, 3.8) is 0 Å². The van der Waals surface area contributed by atoms with E-state index in [2.05, 4.69) is 48.5 Å². The van der Waals surface area contributed by atoms with Gasteiger partial charge in [0.1, 0.15) is 0 Å². The van der Waals surface area contributed by atoms with Crippen molar-refractivity contribution >= 4 is 21.8 Å². The fraction of sp³-hybridized carbons (Fsp3) is 0. The smallest absolute Gasteiger partial charge is 0.164 e. The van der Waals surface area contributed by atoms with E-state index in [9.17, 15) is 2.74 Å². The summed E-state index contributed by atoms with van der Waals surface area (Å²) in [7, 11) is 0. The molecule has 10 aromatic rings. The highest BCUT2D eigenvalue weighted by molar-refractivity contribution is 6.16. The maximum atomic E-state index is 9.22. The summed E-state index contributed by atoms with van der Waals surface area (Å²) in [4.78, 5) is 14.9. The van der Waals surface area contributed by atoms with Crippen molar-refractivity contribution in [3.8, 4) is 73.2 Å². The summed E-state index contributed by atoms with van der Waals surface area (Å²) in [6, 6.07) is 59.8. The van der Waals surface area contributed by atoms with Crippen LogP contribution in [0.3, 0.4) is 0 Å². The Morgan fingerprint density at radius 2 is 0.800 bits per heavy atom. The number of para-hydroxylation sites is 1. The molecule has 10 rings (SSSR count). The molecule has 8 aromatic carbocycles. The highest BCUT2D eigenvalue weighted by Crippen LogP contribution is 2.42. The van der Waals surface area contributed by atoms with Crippen LogP contribution in [-0.2, 0) is 0 Å². The van der Waals surface area contributed by atoms with Crippen LogP contribution in [0.1, 0.15) is 5.48 Å². The van der Waals surface area contributed by atoms with Crippen LogP contribution >= 0.6 is 0 Å². The molecule has 0 fully saturated rings. The van der Waals surface area contributed by atoms with Gasteiger partial charge in [0, 0.05) is 33.2 Å². The molecule has 55 heavy (non-hydrogen) atoms. The predicted molar refractivity (Wildman–Crippen MR) is 227 cm³/mol. The number of fused-ring (bicyclic) bond motifs is 3. The highest BCUT2D eigenvalue weighted by atomic mass is 15.0. The van der Waals surface area contributed by atoms with Crippen LogP contribution in [-0.4, -0.2) is 19.5 Å². The molecule has 2 heterocycles. The largest absolute Gasteiger partial charge is 0.309 e. The maximum Gasteiger partial charge on any atom is 0.164 e. The standard InChI is InChI=1S/C51H34N4/c1-4-15-35(16-5-1)36-27-29-39(30-28-36)50-52-49(38-19-8-3-9-20-38)53-51(54-50)40-31-33-41(34-32-40)55-46-25-13-12-23-45(46)48-44(24-14-26-47(48)55)43-22-11-10-21-42(43)37-17-6-2-7-18-37/h1-34H/i12D,13D,23D,25D. The maximum absolute atomic E-state index is 9.22. The summed E-state index contributed by atoms with van der Waals surface area (Å²) in [6.45, 7) is 0. The first-order chi connectivity index (χ1) is 28.9. The molecule has 0 radical (unpaired) electrons. The molecule has 0 atom stereocenters. The predicted octanol–water partition coefficient (Wildman–Crippen LogP) is 13.0. The van der Waals surface area contributed by atoms with Gasteiger partial charge in [-0.1, -0.05) is 170 Å². The number of hydrogen-bond donors (Lipinski definition) is 0. The molecule has 0 spiro atoms. The second-order valence-corrected chi connectivity index (χ2v) is 13.3. The first kappa shape index (κ1) is 28.1. The lowest BCUT2D eigenvalue weighted by Gasteiger charge is -2.13.